The number of carbonyl (C=O) groups is 1. The standard InChI is InChI=1S/C16H18N2O4S/c1-2-22-15-6-4-3-5-14(15)16(19)18-13-9-7-12(8-10-13)11-23(17,20)21/h3-10H,2,11H2,1H3,(H,18,19)(H2,17,20,21). The zero-order chi connectivity index (χ0) is 16.9. The number of hydrogen-bond donors (Lipinski definition) is 2. The lowest BCUT2D eigenvalue weighted by molar-refractivity contribution is 0.102. The van der Waals surface area contributed by atoms with Crippen LogP contribution in [0.5, 0.6) is 5.75 Å². The summed E-state index contributed by atoms with van der Waals surface area (Å²) in [5.41, 5.74) is 1.54. The molecule has 7 heteroatoms. The van der Waals surface area contributed by atoms with Gasteiger partial charge in [-0.05, 0) is 36.8 Å². The van der Waals surface area contributed by atoms with Crippen LogP contribution in [0.4, 0.5) is 5.69 Å². The number of benzene rings is 2. The van der Waals surface area contributed by atoms with E-state index in [9.17, 15) is 13.2 Å². The van der Waals surface area contributed by atoms with Gasteiger partial charge in [0.25, 0.3) is 5.91 Å². The van der Waals surface area contributed by atoms with Crippen molar-refractivity contribution in [2.24, 2.45) is 5.14 Å². The number of ether oxygens (including phenoxy) is 1. The SMILES string of the molecule is CCOc1ccccc1C(=O)Nc1ccc(CS(N)(=O)=O)cc1. The fourth-order valence-corrected chi connectivity index (χ4v) is 2.71. The van der Waals surface area contributed by atoms with Gasteiger partial charge in [-0.2, -0.15) is 0 Å². The van der Waals surface area contributed by atoms with Gasteiger partial charge < -0.3 is 10.1 Å². The molecule has 0 aliphatic heterocycles. The largest absolute Gasteiger partial charge is 0.493 e. The highest BCUT2D eigenvalue weighted by Crippen LogP contribution is 2.20. The third-order valence-corrected chi connectivity index (χ3v) is 3.75. The number of amides is 1. The third kappa shape index (κ3) is 5.08. The highest BCUT2D eigenvalue weighted by Gasteiger charge is 2.12. The molecular formula is C16H18N2O4S. The molecule has 0 spiro atoms. The first kappa shape index (κ1) is 17.0. The zero-order valence-corrected chi connectivity index (χ0v) is 13.5. The second-order valence-corrected chi connectivity index (χ2v) is 6.50. The summed E-state index contributed by atoms with van der Waals surface area (Å²) in [5.74, 6) is -0.0272. The second-order valence-electron chi connectivity index (χ2n) is 4.89. The minimum Gasteiger partial charge on any atom is -0.493 e. The molecule has 6 nitrogen and oxygen atoms in total. The van der Waals surface area contributed by atoms with Crippen molar-refractivity contribution in [1.82, 2.24) is 0 Å². The molecule has 23 heavy (non-hydrogen) atoms. The van der Waals surface area contributed by atoms with E-state index in [4.69, 9.17) is 9.88 Å². The maximum Gasteiger partial charge on any atom is 0.259 e. The van der Waals surface area contributed by atoms with E-state index in [1.165, 1.54) is 0 Å². The van der Waals surface area contributed by atoms with Gasteiger partial charge in [0, 0.05) is 5.69 Å². The Hall–Kier alpha value is -2.38. The number of primary sulfonamides is 1. The van der Waals surface area contributed by atoms with E-state index in [1.807, 2.05) is 6.92 Å². The second kappa shape index (κ2) is 7.26. The number of hydrogen-bond acceptors (Lipinski definition) is 4. The zero-order valence-electron chi connectivity index (χ0n) is 12.7. The van der Waals surface area contributed by atoms with Gasteiger partial charge in [0.15, 0.2) is 0 Å². The van der Waals surface area contributed by atoms with Crippen molar-refractivity contribution in [2.45, 2.75) is 12.7 Å². The molecule has 2 rings (SSSR count). The maximum atomic E-state index is 12.3. The van der Waals surface area contributed by atoms with E-state index >= 15 is 0 Å². The Bertz CT molecular complexity index is 786. The van der Waals surface area contributed by atoms with Crippen molar-refractivity contribution in [2.75, 3.05) is 11.9 Å². The maximum absolute atomic E-state index is 12.3. The fourth-order valence-electron chi connectivity index (χ4n) is 2.05. The molecular weight excluding hydrogens is 316 g/mol. The average molecular weight is 334 g/mol. The van der Waals surface area contributed by atoms with Crippen molar-refractivity contribution in [3.05, 3.63) is 59.7 Å². The first-order valence-electron chi connectivity index (χ1n) is 7.01. The summed E-state index contributed by atoms with van der Waals surface area (Å²) < 4.78 is 27.5. The quantitative estimate of drug-likeness (QED) is 0.845. The Kier molecular flexibility index (Phi) is 5.36. The minimum atomic E-state index is -3.57. The van der Waals surface area contributed by atoms with E-state index in [0.717, 1.165) is 0 Å². The molecule has 0 aliphatic rings. The van der Waals surface area contributed by atoms with Crippen LogP contribution >= 0.6 is 0 Å². The monoisotopic (exact) mass is 334 g/mol. The molecule has 1 amide bonds. The highest BCUT2D eigenvalue weighted by molar-refractivity contribution is 7.88. The molecule has 0 fully saturated rings. The van der Waals surface area contributed by atoms with Gasteiger partial charge in [-0.25, -0.2) is 13.6 Å². The molecule has 0 aromatic heterocycles. The molecule has 0 radical (unpaired) electrons. The molecule has 0 aliphatic carbocycles. The van der Waals surface area contributed by atoms with Crippen LogP contribution in [0.25, 0.3) is 0 Å². The summed E-state index contributed by atoms with van der Waals surface area (Å²) >= 11 is 0. The minimum absolute atomic E-state index is 0.242. The van der Waals surface area contributed by atoms with Gasteiger partial charge in [-0.15, -0.1) is 0 Å². The van der Waals surface area contributed by atoms with Crippen LogP contribution in [0.1, 0.15) is 22.8 Å². The molecule has 0 saturated heterocycles. The number of nitrogens with one attached hydrogen (secondary N) is 1. The Morgan fingerprint density at radius 3 is 2.39 bits per heavy atom. The predicted octanol–water partition coefficient (Wildman–Crippen LogP) is 2.13. The Balaban J connectivity index is 2.12. The van der Waals surface area contributed by atoms with Gasteiger partial charge in [-0.3, -0.25) is 4.79 Å². The van der Waals surface area contributed by atoms with E-state index in [-0.39, 0.29) is 11.7 Å². The van der Waals surface area contributed by atoms with Crippen LogP contribution in [-0.2, 0) is 15.8 Å². The Morgan fingerprint density at radius 1 is 1.13 bits per heavy atom. The van der Waals surface area contributed by atoms with Gasteiger partial charge in [0.1, 0.15) is 5.75 Å². The molecule has 2 aromatic rings. The number of carbonyl (C=O) groups excluding carboxylic acids is 1. The van der Waals surface area contributed by atoms with Crippen LogP contribution in [0.2, 0.25) is 0 Å². The number of para-hydroxylation sites is 1. The van der Waals surface area contributed by atoms with E-state index in [2.05, 4.69) is 5.32 Å². The van der Waals surface area contributed by atoms with Gasteiger partial charge in [0.2, 0.25) is 10.0 Å². The van der Waals surface area contributed by atoms with Crippen molar-refractivity contribution in [1.29, 1.82) is 0 Å². The molecule has 0 atom stereocenters. The van der Waals surface area contributed by atoms with E-state index in [0.29, 0.717) is 29.2 Å². The molecule has 122 valence electrons. The summed E-state index contributed by atoms with van der Waals surface area (Å²) in [4.78, 5) is 12.3. The first-order chi connectivity index (χ1) is 10.9. The van der Waals surface area contributed by atoms with Crippen molar-refractivity contribution in [3.63, 3.8) is 0 Å². The molecule has 0 bridgehead atoms. The summed E-state index contributed by atoms with van der Waals surface area (Å²) in [6, 6.07) is 13.4. The average Bonchev–Trinajstić information content (AvgIpc) is 2.48. The highest BCUT2D eigenvalue weighted by atomic mass is 32.2. The molecule has 0 unspecified atom stereocenters. The lowest BCUT2D eigenvalue weighted by Crippen LogP contribution is -2.15. The smallest absolute Gasteiger partial charge is 0.259 e. The van der Waals surface area contributed by atoms with Crippen molar-refractivity contribution >= 4 is 21.6 Å². The van der Waals surface area contributed by atoms with Crippen molar-refractivity contribution in [3.8, 4) is 5.75 Å². The lowest BCUT2D eigenvalue weighted by atomic mass is 10.1. The predicted molar refractivity (Wildman–Crippen MR) is 88.8 cm³/mol. The topological polar surface area (TPSA) is 98.5 Å². The van der Waals surface area contributed by atoms with Crippen LogP contribution in [0.3, 0.4) is 0 Å². The van der Waals surface area contributed by atoms with Crippen LogP contribution in [0.15, 0.2) is 48.5 Å². The molecule has 2 aromatic carbocycles. The van der Waals surface area contributed by atoms with Gasteiger partial charge in [0.05, 0.1) is 17.9 Å². The van der Waals surface area contributed by atoms with Crippen LogP contribution < -0.4 is 15.2 Å². The van der Waals surface area contributed by atoms with E-state index < -0.39 is 10.0 Å². The van der Waals surface area contributed by atoms with E-state index in [1.54, 1.807) is 48.5 Å². The number of sulfonamides is 1. The number of nitrogens with two attached hydrogens (primary N) is 1. The van der Waals surface area contributed by atoms with Crippen LogP contribution in [0, 0.1) is 0 Å². The summed E-state index contributed by atoms with van der Waals surface area (Å²) in [6.45, 7) is 2.31. The summed E-state index contributed by atoms with van der Waals surface area (Å²) in [5, 5.41) is 7.74. The molecule has 0 heterocycles. The van der Waals surface area contributed by atoms with Gasteiger partial charge in [-0.1, -0.05) is 24.3 Å². The summed E-state index contributed by atoms with van der Waals surface area (Å²) in [6.07, 6.45) is 0. The molecule has 3 N–H and O–H groups in total. The lowest BCUT2D eigenvalue weighted by Gasteiger charge is -2.10. The van der Waals surface area contributed by atoms with Crippen molar-refractivity contribution < 1.29 is 17.9 Å². The first-order valence-corrected chi connectivity index (χ1v) is 8.73. The fraction of sp³-hybridized carbons (Fsp3) is 0.188. The molecule has 0 saturated carbocycles. The summed E-state index contributed by atoms with van der Waals surface area (Å²) in [7, 11) is -3.57. The number of rotatable bonds is 6. The Labute approximate surface area is 135 Å². The van der Waals surface area contributed by atoms with Gasteiger partial charge >= 0.3 is 0 Å². The number of anilines is 1. The normalized spacial score (nSPS) is 11.0. The van der Waals surface area contributed by atoms with Crippen LogP contribution in [-0.4, -0.2) is 20.9 Å². The third-order valence-electron chi connectivity index (χ3n) is 3.01. The Morgan fingerprint density at radius 2 is 1.78 bits per heavy atom.